The van der Waals surface area contributed by atoms with Gasteiger partial charge in [0.15, 0.2) is 5.70 Å². The van der Waals surface area contributed by atoms with Gasteiger partial charge in [-0.05, 0) is 38.8 Å². The molecule has 2 unspecified atom stereocenters. The lowest BCUT2D eigenvalue weighted by Crippen LogP contribution is -2.35. The molecule has 3 heterocycles. The number of nitrogens with zero attached hydrogens (tertiary/aromatic N) is 3. The molecule has 0 spiro atoms. The summed E-state index contributed by atoms with van der Waals surface area (Å²) in [6.07, 6.45) is 2.16. The number of carbonyl (C=O) groups excluding carboxylic acids is 1. The number of anilines is 1. The Labute approximate surface area is 180 Å². The van der Waals surface area contributed by atoms with Crippen LogP contribution in [0.1, 0.15) is 44.2 Å². The van der Waals surface area contributed by atoms with Crippen LogP contribution >= 0.6 is 11.6 Å². The summed E-state index contributed by atoms with van der Waals surface area (Å²) in [5.41, 5.74) is 2.62. The molecule has 0 bridgehead atoms. The van der Waals surface area contributed by atoms with E-state index in [1.54, 1.807) is 11.1 Å². The third-order valence-corrected chi connectivity index (χ3v) is 5.72. The maximum absolute atomic E-state index is 12.5. The molecule has 0 aliphatic carbocycles. The second-order valence-electron chi connectivity index (χ2n) is 8.60. The van der Waals surface area contributed by atoms with Gasteiger partial charge in [-0.2, -0.15) is 5.10 Å². The van der Waals surface area contributed by atoms with Crippen LogP contribution in [0.25, 0.3) is 4.85 Å². The molecular formula is C22H24ClN5O2. The minimum atomic E-state index is -0.542. The molecule has 0 saturated carbocycles. The number of rotatable bonds is 2. The molecule has 1 fully saturated rings. The molecule has 30 heavy (non-hydrogen) atoms. The van der Waals surface area contributed by atoms with Crippen molar-refractivity contribution < 1.29 is 9.53 Å². The van der Waals surface area contributed by atoms with E-state index in [9.17, 15) is 4.79 Å². The highest BCUT2D eigenvalue weighted by atomic mass is 35.5. The average molecular weight is 426 g/mol. The Kier molecular flexibility index (Phi) is 5.20. The molecule has 2 aliphatic heterocycles. The normalized spacial score (nSPS) is 21.1. The first-order chi connectivity index (χ1) is 14.3. The molecule has 2 aromatic rings. The smallest absolute Gasteiger partial charge is 0.410 e. The zero-order valence-electron chi connectivity index (χ0n) is 17.2. The Bertz CT molecular complexity index is 1050. The van der Waals surface area contributed by atoms with E-state index in [-0.39, 0.29) is 17.9 Å². The highest BCUT2D eigenvalue weighted by molar-refractivity contribution is 6.31. The molecule has 1 aromatic carbocycles. The monoisotopic (exact) mass is 425 g/mol. The van der Waals surface area contributed by atoms with Crippen LogP contribution in [0.4, 0.5) is 10.6 Å². The molecule has 7 nitrogen and oxygen atoms in total. The number of ether oxygens (including phenoxy) is 1. The zero-order valence-corrected chi connectivity index (χ0v) is 18.0. The van der Waals surface area contributed by atoms with Crippen molar-refractivity contribution in [1.82, 2.24) is 15.1 Å². The van der Waals surface area contributed by atoms with Crippen LogP contribution in [-0.2, 0) is 4.74 Å². The predicted octanol–water partition coefficient (Wildman–Crippen LogP) is 5.01. The lowest BCUT2D eigenvalue weighted by molar-refractivity contribution is 0.0290. The Morgan fingerprint density at radius 1 is 1.33 bits per heavy atom. The van der Waals surface area contributed by atoms with Gasteiger partial charge < -0.3 is 15.0 Å². The minimum absolute atomic E-state index is 0.00283. The number of H-pyrrole nitrogens is 1. The molecule has 8 heteroatoms. The van der Waals surface area contributed by atoms with Gasteiger partial charge in [0.2, 0.25) is 0 Å². The van der Waals surface area contributed by atoms with Gasteiger partial charge in [0.05, 0.1) is 18.7 Å². The topological polar surface area (TPSA) is 74.6 Å². The van der Waals surface area contributed by atoms with Gasteiger partial charge in [-0.15, -0.1) is 0 Å². The predicted molar refractivity (Wildman–Crippen MR) is 115 cm³/mol. The number of likely N-dealkylation sites (tertiary alicyclic amines) is 1. The highest BCUT2D eigenvalue weighted by Crippen LogP contribution is 2.46. The molecule has 4 rings (SSSR count). The molecule has 156 valence electrons. The molecule has 2 atom stereocenters. The van der Waals surface area contributed by atoms with Crippen LogP contribution in [0.2, 0.25) is 5.02 Å². The number of aromatic amines is 1. The van der Waals surface area contributed by atoms with Gasteiger partial charge in [-0.25, -0.2) is 9.64 Å². The van der Waals surface area contributed by atoms with Crippen molar-refractivity contribution in [2.45, 2.75) is 38.7 Å². The van der Waals surface area contributed by atoms with Crippen molar-refractivity contribution in [3.8, 4) is 0 Å². The summed E-state index contributed by atoms with van der Waals surface area (Å²) in [5, 5.41) is 11.2. The van der Waals surface area contributed by atoms with Gasteiger partial charge in [-0.1, -0.05) is 29.8 Å². The summed E-state index contributed by atoms with van der Waals surface area (Å²) in [6, 6.07) is 7.57. The minimum Gasteiger partial charge on any atom is -0.444 e. The fourth-order valence-electron chi connectivity index (χ4n) is 4.06. The summed E-state index contributed by atoms with van der Waals surface area (Å²) in [7, 11) is 0. The summed E-state index contributed by atoms with van der Waals surface area (Å²) in [4.78, 5) is 18.1. The molecule has 1 amide bonds. The van der Waals surface area contributed by atoms with E-state index in [1.165, 1.54) is 0 Å². The van der Waals surface area contributed by atoms with Gasteiger partial charge in [0.25, 0.3) is 0 Å². The lowest BCUT2D eigenvalue weighted by atomic mass is 9.84. The van der Waals surface area contributed by atoms with Crippen molar-refractivity contribution in [3.63, 3.8) is 0 Å². The second-order valence-corrected chi connectivity index (χ2v) is 9.01. The first-order valence-electron chi connectivity index (χ1n) is 9.92. The first-order valence-corrected chi connectivity index (χ1v) is 10.3. The van der Waals surface area contributed by atoms with E-state index in [0.717, 1.165) is 29.1 Å². The van der Waals surface area contributed by atoms with Crippen LogP contribution in [0, 0.1) is 12.5 Å². The SMILES string of the molecule is [C-]#[N+]C1=C(C2CCN(C(=O)OC(C)(C)C)C2)Nc2[nH]ncc2C1c1ccccc1Cl. The fraction of sp³-hybridized carbons (Fsp3) is 0.409. The number of amides is 1. The molecule has 2 aliphatic rings. The molecule has 1 aromatic heterocycles. The van der Waals surface area contributed by atoms with Crippen LogP contribution in [0.3, 0.4) is 0 Å². The Morgan fingerprint density at radius 2 is 2.10 bits per heavy atom. The third-order valence-electron chi connectivity index (χ3n) is 5.37. The van der Waals surface area contributed by atoms with Crippen LogP contribution in [0.15, 0.2) is 41.9 Å². The van der Waals surface area contributed by atoms with Gasteiger partial charge in [0.1, 0.15) is 11.4 Å². The second kappa shape index (κ2) is 7.69. The molecular weight excluding hydrogens is 402 g/mol. The first kappa shape index (κ1) is 20.3. The number of halogens is 1. The molecule has 2 N–H and O–H groups in total. The Morgan fingerprint density at radius 3 is 2.80 bits per heavy atom. The summed E-state index contributed by atoms with van der Waals surface area (Å²) in [6.45, 7) is 14.6. The summed E-state index contributed by atoms with van der Waals surface area (Å²) in [5.74, 6) is 0.456. The quantitative estimate of drug-likeness (QED) is 0.663. The van der Waals surface area contributed by atoms with Gasteiger partial charge in [0, 0.05) is 35.3 Å². The number of allylic oxidation sites excluding steroid dienone is 1. The largest absolute Gasteiger partial charge is 0.444 e. The number of fused-ring (bicyclic) bond motifs is 1. The van der Waals surface area contributed by atoms with Crippen molar-refractivity contribution in [3.05, 3.63) is 69.4 Å². The van der Waals surface area contributed by atoms with Crippen LogP contribution < -0.4 is 5.32 Å². The maximum atomic E-state index is 12.5. The third kappa shape index (κ3) is 3.75. The van der Waals surface area contributed by atoms with E-state index in [4.69, 9.17) is 22.9 Å². The van der Waals surface area contributed by atoms with E-state index in [2.05, 4.69) is 20.4 Å². The standard InChI is InChI=1S/C22H24ClN5O2/c1-22(2,3)30-21(29)28-10-9-13(12-28)18-19(24-4)17(14-7-5-6-8-16(14)23)15-11-25-27-20(15)26-18/h5-8,11,13,17H,9-10,12H2,1-3H3,(H2,25,26,27). The number of hydrogen-bond acceptors (Lipinski definition) is 4. The maximum Gasteiger partial charge on any atom is 0.410 e. The van der Waals surface area contributed by atoms with Gasteiger partial charge >= 0.3 is 6.09 Å². The average Bonchev–Trinajstić information content (AvgIpc) is 3.35. The number of hydrogen-bond donors (Lipinski definition) is 2. The van der Waals surface area contributed by atoms with Gasteiger partial charge in [-0.3, -0.25) is 5.10 Å². The van der Waals surface area contributed by atoms with E-state index < -0.39 is 5.60 Å². The van der Waals surface area contributed by atoms with Crippen molar-refractivity contribution >= 4 is 23.5 Å². The molecule has 1 saturated heterocycles. The van der Waals surface area contributed by atoms with Crippen molar-refractivity contribution in [2.75, 3.05) is 18.4 Å². The van der Waals surface area contributed by atoms with E-state index >= 15 is 0 Å². The lowest BCUT2D eigenvalue weighted by Gasteiger charge is -2.30. The van der Waals surface area contributed by atoms with E-state index in [1.807, 2.05) is 45.0 Å². The number of carbonyl (C=O) groups is 1. The number of aromatic nitrogens is 2. The van der Waals surface area contributed by atoms with Crippen molar-refractivity contribution in [1.29, 1.82) is 0 Å². The zero-order chi connectivity index (χ0) is 21.5. The Balaban J connectivity index is 1.68. The number of nitrogens with one attached hydrogen (secondary N) is 2. The fourth-order valence-corrected chi connectivity index (χ4v) is 4.31. The van der Waals surface area contributed by atoms with Crippen molar-refractivity contribution in [2.24, 2.45) is 5.92 Å². The van der Waals surface area contributed by atoms with Crippen LogP contribution in [-0.4, -0.2) is 39.9 Å². The Hall–Kier alpha value is -2.98. The summed E-state index contributed by atoms with van der Waals surface area (Å²) >= 11 is 6.50. The van der Waals surface area contributed by atoms with Crippen LogP contribution in [0.5, 0.6) is 0 Å². The summed E-state index contributed by atoms with van der Waals surface area (Å²) < 4.78 is 5.52. The molecule has 0 radical (unpaired) electrons. The highest BCUT2D eigenvalue weighted by Gasteiger charge is 2.39. The van der Waals surface area contributed by atoms with E-state index in [0.29, 0.717) is 23.8 Å². The number of benzene rings is 1.